The molecule has 0 saturated carbocycles. The standard InChI is InChI=1S/C27H32N6.C5H11NO/c1-3-14-28-18-26-29-16-23(31-26)21-10-6-19(7-11-21)20-8-12-22(13-9-20)24-17-30-27(32-24)25-5-4-15-33(25)2;1-4(2)5(6)3-7/h6-13,16-17,25,28H,3-5,14-15,18H2,1-2H3,(H,29,31)(H,30,32);3-5H,6H2,1-2H3. The number of likely N-dealkylation sites (tertiary alicyclic amines) is 1. The summed E-state index contributed by atoms with van der Waals surface area (Å²) in [5, 5.41) is 3.38. The molecule has 8 heteroatoms. The summed E-state index contributed by atoms with van der Waals surface area (Å²) in [6.45, 7) is 8.92. The smallest absolute Gasteiger partial charge is 0.136 e. The van der Waals surface area contributed by atoms with Crippen LogP contribution >= 0.6 is 0 Å². The van der Waals surface area contributed by atoms with Gasteiger partial charge >= 0.3 is 0 Å². The molecule has 5 N–H and O–H groups in total. The molecule has 0 bridgehead atoms. The first kappa shape index (κ1) is 29.4. The van der Waals surface area contributed by atoms with Crippen LogP contribution in [0, 0.1) is 5.92 Å². The first-order valence-corrected chi connectivity index (χ1v) is 14.3. The fourth-order valence-corrected chi connectivity index (χ4v) is 4.73. The van der Waals surface area contributed by atoms with Crippen LogP contribution in [-0.2, 0) is 11.3 Å². The zero-order valence-corrected chi connectivity index (χ0v) is 24.2. The molecule has 40 heavy (non-hydrogen) atoms. The summed E-state index contributed by atoms with van der Waals surface area (Å²) in [4.78, 5) is 28.3. The maximum Gasteiger partial charge on any atom is 0.136 e. The van der Waals surface area contributed by atoms with Gasteiger partial charge < -0.3 is 25.8 Å². The number of carbonyl (C=O) groups excluding carboxylic acids is 1. The molecule has 2 unspecified atom stereocenters. The monoisotopic (exact) mass is 541 g/mol. The van der Waals surface area contributed by atoms with Crippen molar-refractivity contribution >= 4 is 6.29 Å². The Morgan fingerprint density at radius 3 is 2.05 bits per heavy atom. The Morgan fingerprint density at radius 2 is 1.55 bits per heavy atom. The number of rotatable bonds is 10. The molecule has 0 radical (unpaired) electrons. The fourth-order valence-electron chi connectivity index (χ4n) is 4.73. The van der Waals surface area contributed by atoms with Gasteiger partial charge in [0.05, 0.1) is 42.4 Å². The minimum atomic E-state index is -0.278. The summed E-state index contributed by atoms with van der Waals surface area (Å²) in [5.74, 6) is 2.32. The Hall–Kier alpha value is -3.59. The van der Waals surface area contributed by atoms with E-state index in [1.165, 1.54) is 24.0 Å². The second-order valence-corrected chi connectivity index (χ2v) is 10.9. The van der Waals surface area contributed by atoms with Gasteiger partial charge in [0, 0.05) is 0 Å². The summed E-state index contributed by atoms with van der Waals surface area (Å²) in [5.41, 5.74) is 12.1. The third kappa shape index (κ3) is 7.53. The average Bonchev–Trinajstić information content (AvgIpc) is 3.75. The highest BCUT2D eigenvalue weighted by Gasteiger charge is 2.25. The third-order valence-electron chi connectivity index (χ3n) is 7.43. The van der Waals surface area contributed by atoms with E-state index >= 15 is 0 Å². The summed E-state index contributed by atoms with van der Waals surface area (Å²) in [6, 6.07) is 17.5. The van der Waals surface area contributed by atoms with Crippen molar-refractivity contribution < 1.29 is 4.79 Å². The molecule has 1 aliphatic rings. The van der Waals surface area contributed by atoms with E-state index in [1.54, 1.807) is 0 Å². The van der Waals surface area contributed by atoms with Crippen molar-refractivity contribution in [2.24, 2.45) is 11.7 Å². The van der Waals surface area contributed by atoms with E-state index in [9.17, 15) is 4.79 Å². The Kier molecular flexibility index (Phi) is 10.4. The molecule has 4 aromatic rings. The van der Waals surface area contributed by atoms with Crippen molar-refractivity contribution in [1.29, 1.82) is 0 Å². The lowest BCUT2D eigenvalue weighted by atomic mass is 10.0. The molecule has 2 atom stereocenters. The van der Waals surface area contributed by atoms with Crippen molar-refractivity contribution in [3.8, 4) is 33.6 Å². The molecule has 212 valence electrons. The van der Waals surface area contributed by atoms with Crippen LogP contribution in [0.4, 0.5) is 0 Å². The summed E-state index contributed by atoms with van der Waals surface area (Å²) >= 11 is 0. The van der Waals surface area contributed by atoms with E-state index in [0.29, 0.717) is 6.04 Å². The van der Waals surface area contributed by atoms with Gasteiger partial charge in [-0.3, -0.25) is 4.90 Å². The van der Waals surface area contributed by atoms with Crippen molar-refractivity contribution in [3.05, 3.63) is 72.6 Å². The van der Waals surface area contributed by atoms with Gasteiger partial charge in [0.25, 0.3) is 0 Å². The summed E-state index contributed by atoms with van der Waals surface area (Å²) < 4.78 is 0. The van der Waals surface area contributed by atoms with Gasteiger partial charge in [0.15, 0.2) is 0 Å². The summed E-state index contributed by atoms with van der Waals surface area (Å²) in [6.07, 6.45) is 8.18. The number of hydrogen-bond acceptors (Lipinski definition) is 6. The Bertz CT molecular complexity index is 1320. The van der Waals surface area contributed by atoms with Gasteiger partial charge in [0.2, 0.25) is 0 Å². The Morgan fingerprint density at radius 1 is 0.975 bits per heavy atom. The molecule has 1 aliphatic heterocycles. The number of benzene rings is 2. The molecule has 5 rings (SSSR count). The first-order valence-electron chi connectivity index (χ1n) is 14.3. The van der Waals surface area contributed by atoms with E-state index < -0.39 is 0 Å². The van der Waals surface area contributed by atoms with E-state index in [2.05, 4.69) is 92.7 Å². The predicted octanol–water partition coefficient (Wildman–Crippen LogP) is 5.57. The molecular formula is C32H43N7O. The molecule has 0 spiro atoms. The highest BCUT2D eigenvalue weighted by Crippen LogP contribution is 2.31. The van der Waals surface area contributed by atoms with Gasteiger partial charge in [-0.15, -0.1) is 0 Å². The van der Waals surface area contributed by atoms with Crippen molar-refractivity contribution in [2.75, 3.05) is 20.1 Å². The maximum atomic E-state index is 9.82. The second kappa shape index (κ2) is 14.2. The number of nitrogens with two attached hydrogens (primary N) is 1. The van der Waals surface area contributed by atoms with Gasteiger partial charge in [0.1, 0.15) is 17.9 Å². The van der Waals surface area contributed by atoms with Crippen LogP contribution in [0.15, 0.2) is 60.9 Å². The number of hydrogen-bond donors (Lipinski definition) is 4. The van der Waals surface area contributed by atoms with Crippen molar-refractivity contribution in [2.45, 2.75) is 58.7 Å². The minimum Gasteiger partial charge on any atom is -0.341 e. The molecule has 2 aromatic carbocycles. The van der Waals surface area contributed by atoms with E-state index in [-0.39, 0.29) is 12.0 Å². The number of nitrogens with zero attached hydrogens (tertiary/aromatic N) is 3. The Balaban J connectivity index is 0.000000470. The van der Waals surface area contributed by atoms with Crippen LogP contribution in [0.1, 0.15) is 57.7 Å². The van der Waals surface area contributed by atoms with E-state index in [1.807, 2.05) is 26.2 Å². The topological polar surface area (TPSA) is 116 Å². The highest BCUT2D eigenvalue weighted by molar-refractivity contribution is 5.71. The fraction of sp³-hybridized carbons (Fsp3) is 0.406. The number of aromatic amines is 2. The SMILES string of the molecule is CC(C)C(N)C=O.CCCNCc1ncc(-c2ccc(-c3ccc(-c4cnc(C5CCCN5C)[nH]4)cc3)cc2)[nH]1. The van der Waals surface area contributed by atoms with Gasteiger partial charge in [-0.05, 0) is 67.6 Å². The number of imidazole rings is 2. The van der Waals surface area contributed by atoms with Crippen LogP contribution in [0.3, 0.4) is 0 Å². The largest absolute Gasteiger partial charge is 0.341 e. The molecule has 1 saturated heterocycles. The normalized spacial score (nSPS) is 16.1. The summed E-state index contributed by atoms with van der Waals surface area (Å²) in [7, 11) is 2.18. The van der Waals surface area contributed by atoms with Crippen LogP contribution < -0.4 is 11.1 Å². The maximum absolute atomic E-state index is 9.82. The van der Waals surface area contributed by atoms with Crippen molar-refractivity contribution in [1.82, 2.24) is 30.2 Å². The van der Waals surface area contributed by atoms with Crippen LogP contribution in [0.5, 0.6) is 0 Å². The highest BCUT2D eigenvalue weighted by atomic mass is 16.1. The molecule has 3 heterocycles. The van der Waals surface area contributed by atoms with Gasteiger partial charge in [-0.2, -0.15) is 0 Å². The number of carbonyl (C=O) groups is 1. The molecule has 8 nitrogen and oxygen atoms in total. The molecular weight excluding hydrogens is 498 g/mol. The third-order valence-corrected chi connectivity index (χ3v) is 7.43. The van der Waals surface area contributed by atoms with Crippen LogP contribution in [0.2, 0.25) is 0 Å². The number of nitrogens with one attached hydrogen (secondary N) is 3. The van der Waals surface area contributed by atoms with E-state index in [4.69, 9.17) is 5.73 Å². The predicted molar refractivity (Wildman–Crippen MR) is 163 cm³/mol. The number of aldehydes is 1. The number of aromatic nitrogens is 4. The minimum absolute atomic E-state index is 0.275. The zero-order valence-electron chi connectivity index (χ0n) is 24.2. The molecule has 1 fully saturated rings. The van der Waals surface area contributed by atoms with Crippen LogP contribution in [-0.4, -0.2) is 57.3 Å². The molecule has 0 aliphatic carbocycles. The average molecular weight is 542 g/mol. The number of H-pyrrole nitrogens is 2. The first-order chi connectivity index (χ1) is 19.4. The Labute approximate surface area is 237 Å². The molecule has 0 amide bonds. The quantitative estimate of drug-likeness (QED) is 0.154. The van der Waals surface area contributed by atoms with Crippen molar-refractivity contribution in [3.63, 3.8) is 0 Å². The van der Waals surface area contributed by atoms with Gasteiger partial charge in [-0.1, -0.05) is 69.3 Å². The van der Waals surface area contributed by atoms with Gasteiger partial charge in [-0.25, -0.2) is 9.97 Å². The lowest BCUT2D eigenvalue weighted by molar-refractivity contribution is -0.109. The van der Waals surface area contributed by atoms with Crippen LogP contribution in [0.25, 0.3) is 33.6 Å². The zero-order chi connectivity index (χ0) is 28.5. The second-order valence-electron chi connectivity index (χ2n) is 10.9. The molecule has 2 aromatic heterocycles. The lowest BCUT2D eigenvalue weighted by Gasteiger charge is -2.16. The lowest BCUT2D eigenvalue weighted by Crippen LogP contribution is -2.27. The van der Waals surface area contributed by atoms with E-state index in [0.717, 1.165) is 66.5 Å².